The van der Waals surface area contributed by atoms with Gasteiger partial charge in [-0.1, -0.05) is 0 Å². The zero-order valence-electron chi connectivity index (χ0n) is 10.9. The highest BCUT2D eigenvalue weighted by Crippen LogP contribution is 2.24. The van der Waals surface area contributed by atoms with Crippen LogP contribution in [0.2, 0.25) is 0 Å². The number of hydrogen-bond acceptors (Lipinski definition) is 4. The summed E-state index contributed by atoms with van der Waals surface area (Å²) in [7, 11) is 0. The third kappa shape index (κ3) is 3.39. The number of aryl methyl sites for hydroxylation is 2. The van der Waals surface area contributed by atoms with Crippen molar-refractivity contribution in [3.63, 3.8) is 0 Å². The van der Waals surface area contributed by atoms with Crippen LogP contribution in [-0.4, -0.2) is 15.9 Å². The van der Waals surface area contributed by atoms with Crippen molar-refractivity contribution in [1.82, 2.24) is 15.3 Å². The number of rotatable bonds is 3. The Bertz CT molecular complexity index is 594. The lowest BCUT2D eigenvalue weighted by molar-refractivity contribution is 0.0940. The van der Waals surface area contributed by atoms with Crippen molar-refractivity contribution >= 4 is 33.2 Å². The summed E-state index contributed by atoms with van der Waals surface area (Å²) < 4.78 is 0.714. The van der Waals surface area contributed by atoms with E-state index in [9.17, 15) is 4.79 Å². The second-order valence-electron chi connectivity index (χ2n) is 4.25. The molecule has 6 heteroatoms. The zero-order valence-corrected chi connectivity index (χ0v) is 13.3. The highest BCUT2D eigenvalue weighted by atomic mass is 79.9. The van der Waals surface area contributed by atoms with Gasteiger partial charge in [-0.3, -0.25) is 4.79 Å². The van der Waals surface area contributed by atoms with Crippen LogP contribution in [-0.2, 0) is 0 Å². The van der Waals surface area contributed by atoms with Crippen LogP contribution in [0.4, 0.5) is 0 Å². The van der Waals surface area contributed by atoms with Crippen LogP contribution in [0.3, 0.4) is 0 Å². The molecular formula is C13H14BrN3OS. The number of halogens is 1. The summed E-state index contributed by atoms with van der Waals surface area (Å²) in [5.41, 5.74) is 1.53. The third-order valence-electron chi connectivity index (χ3n) is 2.67. The van der Waals surface area contributed by atoms with Gasteiger partial charge in [0.1, 0.15) is 4.60 Å². The maximum atomic E-state index is 12.1. The number of amides is 1. The Morgan fingerprint density at radius 3 is 2.68 bits per heavy atom. The van der Waals surface area contributed by atoms with Gasteiger partial charge in [-0.25, -0.2) is 9.97 Å². The van der Waals surface area contributed by atoms with Gasteiger partial charge in [-0.15, -0.1) is 11.3 Å². The Morgan fingerprint density at radius 2 is 2.16 bits per heavy atom. The first-order valence-corrected chi connectivity index (χ1v) is 7.44. The highest BCUT2D eigenvalue weighted by Gasteiger charge is 2.16. The fourth-order valence-electron chi connectivity index (χ4n) is 1.80. The average molecular weight is 340 g/mol. The maximum Gasteiger partial charge on any atom is 0.253 e. The fourth-order valence-corrected chi connectivity index (χ4v) is 2.97. The number of nitrogens with one attached hydrogen (secondary N) is 1. The van der Waals surface area contributed by atoms with E-state index in [1.54, 1.807) is 29.7 Å². The molecule has 0 radical (unpaired) electrons. The predicted octanol–water partition coefficient (Wildman–Crippen LogP) is 3.41. The minimum atomic E-state index is -0.127. The molecule has 2 aromatic rings. The van der Waals surface area contributed by atoms with Crippen LogP contribution in [0.15, 0.2) is 22.9 Å². The predicted molar refractivity (Wildman–Crippen MR) is 79.4 cm³/mol. The number of aromatic nitrogens is 2. The quantitative estimate of drug-likeness (QED) is 0.871. The Hall–Kier alpha value is -1.27. The lowest BCUT2D eigenvalue weighted by atomic mass is 10.2. The molecule has 1 atom stereocenters. The summed E-state index contributed by atoms with van der Waals surface area (Å²) in [4.78, 5) is 21.6. The molecule has 0 aliphatic heterocycles. The third-order valence-corrected chi connectivity index (χ3v) is 4.39. The first-order valence-electron chi connectivity index (χ1n) is 5.83. The van der Waals surface area contributed by atoms with Crippen LogP contribution in [0.1, 0.15) is 38.9 Å². The molecule has 1 unspecified atom stereocenters. The monoisotopic (exact) mass is 339 g/mol. The SMILES string of the molecule is Cc1nc(C)c(C(C)NC(=O)c2ccc(Br)nc2)s1. The standard InChI is InChI=1S/C13H14BrN3OS/c1-7-12(19-9(3)16-7)8(2)17-13(18)10-4-5-11(14)15-6-10/h4-6,8H,1-3H3,(H,17,18). The molecular weight excluding hydrogens is 326 g/mol. The van der Waals surface area contributed by atoms with Crippen molar-refractivity contribution in [3.8, 4) is 0 Å². The van der Waals surface area contributed by atoms with Crippen molar-refractivity contribution in [2.75, 3.05) is 0 Å². The van der Waals surface area contributed by atoms with E-state index >= 15 is 0 Å². The molecule has 0 saturated heterocycles. The first kappa shape index (κ1) is 14.1. The summed E-state index contributed by atoms with van der Waals surface area (Å²) in [5, 5.41) is 3.98. The van der Waals surface area contributed by atoms with Gasteiger partial charge in [0.15, 0.2) is 0 Å². The maximum absolute atomic E-state index is 12.1. The number of hydrogen-bond donors (Lipinski definition) is 1. The number of carbonyl (C=O) groups excluding carboxylic acids is 1. The van der Waals surface area contributed by atoms with Crippen LogP contribution in [0.25, 0.3) is 0 Å². The van der Waals surface area contributed by atoms with Crippen molar-refractivity contribution < 1.29 is 4.79 Å². The molecule has 0 bridgehead atoms. The van der Waals surface area contributed by atoms with E-state index in [4.69, 9.17) is 0 Å². The van der Waals surface area contributed by atoms with Gasteiger partial charge in [0, 0.05) is 11.1 Å². The summed E-state index contributed by atoms with van der Waals surface area (Å²) >= 11 is 4.86. The number of pyridine rings is 1. The molecule has 100 valence electrons. The molecule has 2 aromatic heterocycles. The van der Waals surface area contributed by atoms with Gasteiger partial charge < -0.3 is 5.32 Å². The van der Waals surface area contributed by atoms with Crippen molar-refractivity contribution in [2.45, 2.75) is 26.8 Å². The first-order chi connectivity index (χ1) is 8.97. The van der Waals surface area contributed by atoms with Crippen molar-refractivity contribution in [3.05, 3.63) is 44.1 Å². The van der Waals surface area contributed by atoms with E-state index in [1.165, 1.54) is 0 Å². The van der Waals surface area contributed by atoms with Gasteiger partial charge >= 0.3 is 0 Å². The lowest BCUT2D eigenvalue weighted by Crippen LogP contribution is -2.26. The Morgan fingerprint density at radius 1 is 1.42 bits per heavy atom. The van der Waals surface area contributed by atoms with Crippen LogP contribution in [0, 0.1) is 13.8 Å². The van der Waals surface area contributed by atoms with Gasteiger partial charge in [-0.2, -0.15) is 0 Å². The van der Waals surface area contributed by atoms with Gasteiger partial charge in [0.25, 0.3) is 5.91 Å². The van der Waals surface area contributed by atoms with E-state index in [0.717, 1.165) is 15.6 Å². The molecule has 0 spiro atoms. The molecule has 2 rings (SSSR count). The van der Waals surface area contributed by atoms with Crippen LogP contribution < -0.4 is 5.32 Å². The summed E-state index contributed by atoms with van der Waals surface area (Å²) in [6, 6.07) is 3.44. The summed E-state index contributed by atoms with van der Waals surface area (Å²) in [6.45, 7) is 5.89. The molecule has 0 fully saturated rings. The van der Waals surface area contributed by atoms with E-state index in [1.807, 2.05) is 20.8 Å². The average Bonchev–Trinajstić information content (AvgIpc) is 2.69. The van der Waals surface area contributed by atoms with Crippen LogP contribution in [0.5, 0.6) is 0 Å². The Kier molecular flexibility index (Phi) is 4.31. The number of nitrogens with zero attached hydrogens (tertiary/aromatic N) is 2. The topological polar surface area (TPSA) is 54.9 Å². The van der Waals surface area contributed by atoms with E-state index in [-0.39, 0.29) is 11.9 Å². The molecule has 0 aliphatic rings. The second kappa shape index (κ2) is 5.79. The van der Waals surface area contributed by atoms with Gasteiger partial charge in [0.05, 0.1) is 22.3 Å². The number of carbonyl (C=O) groups is 1. The minimum Gasteiger partial charge on any atom is -0.345 e. The molecule has 1 N–H and O–H groups in total. The van der Waals surface area contributed by atoms with E-state index in [0.29, 0.717) is 10.2 Å². The minimum absolute atomic E-state index is 0.0534. The molecule has 0 saturated carbocycles. The largest absolute Gasteiger partial charge is 0.345 e. The summed E-state index contributed by atoms with van der Waals surface area (Å²) in [6.07, 6.45) is 1.55. The number of thiazole rings is 1. The van der Waals surface area contributed by atoms with E-state index < -0.39 is 0 Å². The summed E-state index contributed by atoms with van der Waals surface area (Å²) in [5.74, 6) is -0.127. The van der Waals surface area contributed by atoms with Crippen LogP contribution >= 0.6 is 27.3 Å². The van der Waals surface area contributed by atoms with E-state index in [2.05, 4.69) is 31.2 Å². The Balaban J connectivity index is 2.10. The Labute approximate surface area is 124 Å². The molecule has 0 aliphatic carbocycles. The highest BCUT2D eigenvalue weighted by molar-refractivity contribution is 9.10. The second-order valence-corrected chi connectivity index (χ2v) is 6.29. The normalized spacial score (nSPS) is 12.2. The van der Waals surface area contributed by atoms with Gasteiger partial charge in [-0.05, 0) is 48.8 Å². The molecule has 1 amide bonds. The fraction of sp³-hybridized carbons (Fsp3) is 0.308. The molecule has 2 heterocycles. The smallest absolute Gasteiger partial charge is 0.253 e. The van der Waals surface area contributed by atoms with Crippen molar-refractivity contribution in [2.24, 2.45) is 0 Å². The van der Waals surface area contributed by atoms with Crippen molar-refractivity contribution in [1.29, 1.82) is 0 Å². The molecule has 4 nitrogen and oxygen atoms in total. The van der Waals surface area contributed by atoms with Gasteiger partial charge in [0.2, 0.25) is 0 Å². The lowest BCUT2D eigenvalue weighted by Gasteiger charge is -2.12. The molecule has 19 heavy (non-hydrogen) atoms. The zero-order chi connectivity index (χ0) is 14.0. The molecule has 0 aromatic carbocycles.